The Balaban J connectivity index is 1.65. The van der Waals surface area contributed by atoms with Crippen LogP contribution >= 0.6 is 0 Å². The number of anilines is 2. The molecule has 3 aromatic rings. The summed E-state index contributed by atoms with van der Waals surface area (Å²) in [6.07, 6.45) is -3.74. The lowest BCUT2D eigenvalue weighted by atomic mass is 9.96. The van der Waals surface area contributed by atoms with E-state index in [-0.39, 0.29) is 17.8 Å². The fraction of sp³-hybridized carbons (Fsp3) is 0.333. The normalized spacial score (nSPS) is 17.2. The van der Waals surface area contributed by atoms with E-state index in [4.69, 9.17) is 14.2 Å². The fourth-order valence-corrected chi connectivity index (χ4v) is 4.02. The van der Waals surface area contributed by atoms with Crippen LogP contribution in [-0.4, -0.2) is 42.7 Å². The maximum atomic E-state index is 14.0. The SMILES string of the molecule is CCOc1ccc(NC(=O)c2cnn3c2N[C@H](c2ccc(OC)c(OC)c2)C[C@@H]3C(F)(F)F)cc1. The van der Waals surface area contributed by atoms with Crippen molar-refractivity contribution in [3.63, 3.8) is 0 Å². The summed E-state index contributed by atoms with van der Waals surface area (Å²) < 4.78 is 58.7. The maximum Gasteiger partial charge on any atom is 0.410 e. The van der Waals surface area contributed by atoms with Crippen LogP contribution in [0.1, 0.15) is 41.3 Å². The van der Waals surface area contributed by atoms with Crippen molar-refractivity contribution >= 4 is 17.4 Å². The monoisotopic (exact) mass is 490 g/mol. The number of nitrogens with one attached hydrogen (secondary N) is 2. The molecule has 0 radical (unpaired) electrons. The van der Waals surface area contributed by atoms with Crippen molar-refractivity contribution < 1.29 is 32.2 Å². The first-order valence-electron chi connectivity index (χ1n) is 10.9. The van der Waals surface area contributed by atoms with E-state index < -0.39 is 24.2 Å². The molecule has 1 aliphatic heterocycles. The highest BCUT2D eigenvalue weighted by Gasteiger charge is 2.47. The summed E-state index contributed by atoms with van der Waals surface area (Å²) in [5.74, 6) is 0.891. The van der Waals surface area contributed by atoms with E-state index in [1.54, 1.807) is 42.5 Å². The Bertz CT molecular complexity index is 1190. The number of benzene rings is 2. The average Bonchev–Trinajstić information content (AvgIpc) is 3.28. The molecule has 0 saturated heterocycles. The molecular formula is C24H25F3N4O4. The van der Waals surface area contributed by atoms with Crippen molar-refractivity contribution in [2.24, 2.45) is 0 Å². The molecule has 8 nitrogen and oxygen atoms in total. The maximum absolute atomic E-state index is 14.0. The number of amides is 1. The molecule has 11 heteroatoms. The highest BCUT2D eigenvalue weighted by atomic mass is 19.4. The van der Waals surface area contributed by atoms with Gasteiger partial charge in [0.2, 0.25) is 0 Å². The standard InChI is InChI=1S/C24H25F3N4O4/c1-4-35-16-8-6-15(7-9-16)29-23(32)17-13-28-31-21(24(25,26)27)12-18(30-22(17)31)14-5-10-19(33-2)20(11-14)34-3/h5-11,13,18,21,30H,4,12H2,1-3H3,(H,29,32)/t18-,21+/m0/s1. The van der Waals surface area contributed by atoms with Crippen LogP contribution in [0, 0.1) is 0 Å². The van der Waals surface area contributed by atoms with Crippen molar-refractivity contribution in [3.05, 3.63) is 59.8 Å². The summed E-state index contributed by atoms with van der Waals surface area (Å²) in [6, 6.07) is 8.94. The molecule has 0 fully saturated rings. The third-order valence-electron chi connectivity index (χ3n) is 5.72. The molecule has 2 aromatic carbocycles. The Hall–Kier alpha value is -3.89. The quantitative estimate of drug-likeness (QED) is 0.473. The van der Waals surface area contributed by atoms with Crippen molar-refractivity contribution in [2.45, 2.75) is 31.6 Å². The Morgan fingerprint density at radius 2 is 1.86 bits per heavy atom. The van der Waals surface area contributed by atoms with Gasteiger partial charge in [0.25, 0.3) is 5.91 Å². The molecule has 1 amide bonds. The molecule has 1 aliphatic rings. The van der Waals surface area contributed by atoms with Gasteiger partial charge < -0.3 is 24.8 Å². The molecule has 35 heavy (non-hydrogen) atoms. The number of rotatable bonds is 7. The molecule has 1 aromatic heterocycles. The van der Waals surface area contributed by atoms with Crippen LogP contribution in [0.5, 0.6) is 17.2 Å². The van der Waals surface area contributed by atoms with Gasteiger partial charge in [-0.2, -0.15) is 18.3 Å². The van der Waals surface area contributed by atoms with E-state index in [0.717, 1.165) is 10.9 Å². The first kappa shape index (κ1) is 24.2. The third kappa shape index (κ3) is 4.98. The molecule has 2 N–H and O–H groups in total. The van der Waals surface area contributed by atoms with Crippen LogP contribution in [0.3, 0.4) is 0 Å². The average molecular weight is 490 g/mol. The first-order valence-corrected chi connectivity index (χ1v) is 10.9. The van der Waals surface area contributed by atoms with Crippen LogP contribution in [0.2, 0.25) is 0 Å². The zero-order chi connectivity index (χ0) is 25.2. The Morgan fingerprint density at radius 3 is 2.49 bits per heavy atom. The Labute approximate surface area is 200 Å². The van der Waals surface area contributed by atoms with Gasteiger partial charge in [0.1, 0.15) is 17.1 Å². The lowest BCUT2D eigenvalue weighted by molar-refractivity contribution is -0.173. The lowest BCUT2D eigenvalue weighted by Gasteiger charge is -2.34. The molecule has 0 spiro atoms. The molecular weight excluding hydrogens is 465 g/mol. The van der Waals surface area contributed by atoms with Gasteiger partial charge in [-0.25, -0.2) is 4.68 Å². The first-order chi connectivity index (χ1) is 16.7. The molecule has 2 atom stereocenters. The van der Waals surface area contributed by atoms with Crippen molar-refractivity contribution in [1.29, 1.82) is 0 Å². The summed E-state index contributed by atoms with van der Waals surface area (Å²) in [4.78, 5) is 13.0. The number of methoxy groups -OCH3 is 2. The molecule has 0 aliphatic carbocycles. The van der Waals surface area contributed by atoms with Gasteiger partial charge in [-0.3, -0.25) is 4.79 Å². The van der Waals surface area contributed by atoms with Crippen LogP contribution in [0.15, 0.2) is 48.7 Å². The van der Waals surface area contributed by atoms with E-state index in [1.807, 2.05) is 6.92 Å². The van der Waals surface area contributed by atoms with Crippen LogP contribution in [0.4, 0.5) is 24.7 Å². The number of ether oxygens (including phenoxy) is 3. The van der Waals surface area contributed by atoms with E-state index in [2.05, 4.69) is 15.7 Å². The second kappa shape index (κ2) is 9.77. The number of halogens is 3. The second-order valence-corrected chi connectivity index (χ2v) is 7.87. The van der Waals surface area contributed by atoms with Crippen molar-refractivity contribution in [1.82, 2.24) is 9.78 Å². The summed E-state index contributed by atoms with van der Waals surface area (Å²) in [5, 5.41) is 9.67. The summed E-state index contributed by atoms with van der Waals surface area (Å²) in [6.45, 7) is 2.36. The molecule has 186 valence electrons. The number of hydrogen-bond donors (Lipinski definition) is 2. The Morgan fingerprint density at radius 1 is 1.14 bits per heavy atom. The number of aromatic nitrogens is 2. The van der Waals surface area contributed by atoms with E-state index in [0.29, 0.717) is 35.1 Å². The number of hydrogen-bond acceptors (Lipinski definition) is 6. The van der Waals surface area contributed by atoms with E-state index in [1.165, 1.54) is 14.2 Å². The van der Waals surface area contributed by atoms with Gasteiger partial charge >= 0.3 is 6.18 Å². The van der Waals surface area contributed by atoms with Gasteiger partial charge in [-0.15, -0.1) is 0 Å². The van der Waals surface area contributed by atoms with Gasteiger partial charge in [-0.1, -0.05) is 6.07 Å². The van der Waals surface area contributed by atoms with Crippen molar-refractivity contribution in [2.75, 3.05) is 31.5 Å². The smallest absolute Gasteiger partial charge is 0.410 e. The molecule has 0 bridgehead atoms. The van der Waals surface area contributed by atoms with Crippen LogP contribution < -0.4 is 24.8 Å². The summed E-state index contributed by atoms with van der Waals surface area (Å²) in [7, 11) is 2.93. The number of carbonyl (C=O) groups excluding carboxylic acids is 1. The third-order valence-corrected chi connectivity index (χ3v) is 5.72. The predicted molar refractivity (Wildman–Crippen MR) is 123 cm³/mol. The zero-order valence-corrected chi connectivity index (χ0v) is 19.3. The molecule has 0 unspecified atom stereocenters. The minimum Gasteiger partial charge on any atom is -0.494 e. The number of carbonyl (C=O) groups is 1. The number of nitrogens with zero attached hydrogens (tertiary/aromatic N) is 2. The minimum atomic E-state index is -4.57. The topological polar surface area (TPSA) is 86.6 Å². The second-order valence-electron chi connectivity index (χ2n) is 7.87. The molecule has 0 saturated carbocycles. The summed E-state index contributed by atoms with van der Waals surface area (Å²) in [5.41, 5.74) is 1.03. The van der Waals surface area contributed by atoms with Crippen LogP contribution in [-0.2, 0) is 0 Å². The number of fused-ring (bicyclic) bond motifs is 1. The largest absolute Gasteiger partial charge is 0.494 e. The highest BCUT2D eigenvalue weighted by molar-refractivity contribution is 6.07. The van der Waals surface area contributed by atoms with Gasteiger partial charge in [0.05, 0.1) is 33.1 Å². The molecule has 4 rings (SSSR count). The summed E-state index contributed by atoms with van der Waals surface area (Å²) >= 11 is 0. The Kier molecular flexibility index (Phi) is 6.77. The van der Waals surface area contributed by atoms with Gasteiger partial charge in [0.15, 0.2) is 17.5 Å². The number of alkyl halides is 3. The molecule has 2 heterocycles. The van der Waals surface area contributed by atoms with Crippen molar-refractivity contribution in [3.8, 4) is 17.2 Å². The van der Waals surface area contributed by atoms with Crippen LogP contribution in [0.25, 0.3) is 0 Å². The zero-order valence-electron chi connectivity index (χ0n) is 19.3. The van der Waals surface area contributed by atoms with E-state index in [9.17, 15) is 18.0 Å². The van der Waals surface area contributed by atoms with Gasteiger partial charge in [0, 0.05) is 12.1 Å². The van der Waals surface area contributed by atoms with Gasteiger partial charge in [-0.05, 0) is 48.9 Å². The lowest BCUT2D eigenvalue weighted by Crippen LogP contribution is -2.36. The minimum absolute atomic E-state index is 0.00156. The van der Waals surface area contributed by atoms with E-state index >= 15 is 0 Å². The highest BCUT2D eigenvalue weighted by Crippen LogP contribution is 2.45. The fourth-order valence-electron chi connectivity index (χ4n) is 4.02. The predicted octanol–water partition coefficient (Wildman–Crippen LogP) is 5.21.